The minimum absolute atomic E-state index is 0.141. The number of nitrogen functional groups attached to an aromatic ring is 1. The van der Waals surface area contributed by atoms with E-state index in [4.69, 9.17) is 15.2 Å². The maximum atomic E-state index is 13.0. The van der Waals surface area contributed by atoms with Crippen LogP contribution in [0.5, 0.6) is 11.5 Å². The lowest BCUT2D eigenvalue weighted by molar-refractivity contribution is 0.101. The molecule has 0 radical (unpaired) electrons. The van der Waals surface area contributed by atoms with Crippen LogP contribution in [0.3, 0.4) is 0 Å². The number of nitrogens with two attached hydrogens (primary N) is 1. The van der Waals surface area contributed by atoms with E-state index in [1.807, 2.05) is 18.2 Å². The standard InChI is InChI=1S/C26H30N4O3/c1-17-20(16-25-26(31)22-14-18(27)4-7-24(22)33-25)21-15-19(32-3)5-6-23(21)30(17)13-12-29-10-8-28(2)9-11-29/h4-7,14-16H,8-13,27H2,1-3H3/b25-16-. The zero-order valence-corrected chi connectivity index (χ0v) is 19.4. The van der Waals surface area contributed by atoms with E-state index in [9.17, 15) is 4.79 Å². The minimum atomic E-state index is -0.141. The van der Waals surface area contributed by atoms with Crippen molar-refractivity contribution in [3.63, 3.8) is 0 Å². The fraction of sp³-hybridized carbons (Fsp3) is 0.346. The number of aromatic nitrogens is 1. The van der Waals surface area contributed by atoms with E-state index in [1.165, 1.54) is 0 Å². The normalized spacial score (nSPS) is 18.2. The Bertz CT molecular complexity index is 1250. The van der Waals surface area contributed by atoms with Crippen LogP contribution in [0.4, 0.5) is 5.69 Å². The van der Waals surface area contributed by atoms with Crippen molar-refractivity contribution >= 4 is 28.4 Å². The lowest BCUT2D eigenvalue weighted by atomic mass is 10.1. The Morgan fingerprint density at radius 3 is 2.64 bits per heavy atom. The molecule has 0 unspecified atom stereocenters. The smallest absolute Gasteiger partial charge is 0.232 e. The Morgan fingerprint density at radius 1 is 1.09 bits per heavy atom. The second-order valence-corrected chi connectivity index (χ2v) is 8.87. The molecule has 1 fully saturated rings. The summed E-state index contributed by atoms with van der Waals surface area (Å²) in [5.41, 5.74) is 10.1. The van der Waals surface area contributed by atoms with E-state index in [2.05, 4.69) is 34.4 Å². The zero-order valence-electron chi connectivity index (χ0n) is 19.4. The summed E-state index contributed by atoms with van der Waals surface area (Å²) in [4.78, 5) is 17.9. The Hall–Kier alpha value is -3.29. The number of rotatable bonds is 5. The first-order chi connectivity index (χ1) is 15.9. The number of ketones is 1. The number of piperazine rings is 1. The highest BCUT2D eigenvalue weighted by Gasteiger charge is 2.28. The van der Waals surface area contributed by atoms with Gasteiger partial charge in [0.2, 0.25) is 5.78 Å². The van der Waals surface area contributed by atoms with E-state index >= 15 is 0 Å². The molecule has 0 bridgehead atoms. The van der Waals surface area contributed by atoms with Crippen molar-refractivity contribution < 1.29 is 14.3 Å². The number of likely N-dealkylation sites (N-methyl/N-ethyl adjacent to an activating group) is 1. The van der Waals surface area contributed by atoms with Gasteiger partial charge in [-0.3, -0.25) is 9.69 Å². The monoisotopic (exact) mass is 446 g/mol. The van der Waals surface area contributed by atoms with Crippen LogP contribution >= 0.6 is 0 Å². The topological polar surface area (TPSA) is 73.0 Å². The molecule has 0 atom stereocenters. The van der Waals surface area contributed by atoms with Gasteiger partial charge in [0.15, 0.2) is 5.76 Å². The van der Waals surface area contributed by atoms with Crippen molar-refractivity contribution in [2.75, 3.05) is 52.6 Å². The molecular weight excluding hydrogens is 416 g/mol. The molecule has 0 spiro atoms. The molecule has 1 saturated heterocycles. The number of nitrogens with zero attached hydrogens (tertiary/aromatic N) is 3. The molecule has 2 aliphatic rings. The molecule has 2 aromatic carbocycles. The summed E-state index contributed by atoms with van der Waals surface area (Å²) in [5.74, 6) is 1.51. The van der Waals surface area contributed by atoms with Gasteiger partial charge in [-0.1, -0.05) is 0 Å². The molecular formula is C26H30N4O3. The van der Waals surface area contributed by atoms with Crippen LogP contribution in [0.25, 0.3) is 17.0 Å². The van der Waals surface area contributed by atoms with Gasteiger partial charge in [-0.2, -0.15) is 0 Å². The average Bonchev–Trinajstić information content (AvgIpc) is 3.26. The second-order valence-electron chi connectivity index (χ2n) is 8.87. The van der Waals surface area contributed by atoms with E-state index in [-0.39, 0.29) is 5.78 Å². The Balaban J connectivity index is 1.51. The van der Waals surface area contributed by atoms with Gasteiger partial charge in [0.1, 0.15) is 11.5 Å². The zero-order chi connectivity index (χ0) is 23.1. The quantitative estimate of drug-likeness (QED) is 0.478. The number of allylic oxidation sites excluding steroid dienone is 1. The molecule has 3 aromatic rings. The minimum Gasteiger partial charge on any atom is -0.497 e. The first-order valence-electron chi connectivity index (χ1n) is 11.4. The predicted molar refractivity (Wildman–Crippen MR) is 131 cm³/mol. The Labute approximate surface area is 194 Å². The van der Waals surface area contributed by atoms with Gasteiger partial charge in [-0.15, -0.1) is 0 Å². The van der Waals surface area contributed by atoms with Gasteiger partial charge in [0.25, 0.3) is 0 Å². The number of Topliss-reactive ketones (excluding diaryl/α,β-unsaturated/α-hetero) is 1. The summed E-state index contributed by atoms with van der Waals surface area (Å²) < 4.78 is 13.7. The molecule has 7 heteroatoms. The third kappa shape index (κ3) is 3.98. The van der Waals surface area contributed by atoms with Gasteiger partial charge in [0, 0.05) is 67.1 Å². The number of benzene rings is 2. The molecule has 2 N–H and O–H groups in total. The van der Waals surface area contributed by atoms with Crippen LogP contribution in [0.2, 0.25) is 0 Å². The number of anilines is 1. The maximum absolute atomic E-state index is 13.0. The van der Waals surface area contributed by atoms with Crippen molar-refractivity contribution in [1.82, 2.24) is 14.4 Å². The van der Waals surface area contributed by atoms with Crippen LogP contribution in [0.15, 0.2) is 42.2 Å². The molecule has 2 aliphatic heterocycles. The maximum Gasteiger partial charge on any atom is 0.232 e. The van der Waals surface area contributed by atoms with Gasteiger partial charge in [-0.05, 0) is 56.4 Å². The highest BCUT2D eigenvalue weighted by molar-refractivity contribution is 6.15. The third-order valence-electron chi connectivity index (χ3n) is 6.78. The van der Waals surface area contributed by atoms with Gasteiger partial charge < -0.3 is 24.7 Å². The van der Waals surface area contributed by atoms with Crippen LogP contribution in [0.1, 0.15) is 21.6 Å². The number of carbonyl (C=O) groups is 1. The second kappa shape index (κ2) is 8.57. The lowest BCUT2D eigenvalue weighted by Crippen LogP contribution is -2.45. The third-order valence-corrected chi connectivity index (χ3v) is 6.78. The van der Waals surface area contributed by atoms with E-state index in [0.717, 1.165) is 67.2 Å². The highest BCUT2D eigenvalue weighted by Crippen LogP contribution is 2.36. The number of ether oxygens (including phenoxy) is 2. The molecule has 5 rings (SSSR count). The van der Waals surface area contributed by atoms with Crippen molar-refractivity contribution in [3.8, 4) is 11.5 Å². The van der Waals surface area contributed by atoms with E-state index in [0.29, 0.717) is 22.8 Å². The molecule has 1 aromatic heterocycles. The number of carbonyl (C=O) groups excluding carboxylic acids is 1. The number of methoxy groups -OCH3 is 1. The van der Waals surface area contributed by atoms with E-state index in [1.54, 1.807) is 25.3 Å². The molecule has 0 amide bonds. The fourth-order valence-corrected chi connectivity index (χ4v) is 4.74. The number of fused-ring (bicyclic) bond motifs is 2. The average molecular weight is 447 g/mol. The summed E-state index contributed by atoms with van der Waals surface area (Å²) in [6.45, 7) is 8.35. The van der Waals surface area contributed by atoms with Crippen molar-refractivity contribution in [1.29, 1.82) is 0 Å². The first-order valence-corrected chi connectivity index (χ1v) is 11.4. The highest BCUT2D eigenvalue weighted by atomic mass is 16.5. The largest absolute Gasteiger partial charge is 0.497 e. The van der Waals surface area contributed by atoms with Gasteiger partial charge in [-0.25, -0.2) is 0 Å². The summed E-state index contributed by atoms with van der Waals surface area (Å²) in [7, 11) is 3.84. The number of hydrogen-bond acceptors (Lipinski definition) is 6. The van der Waals surface area contributed by atoms with Gasteiger partial charge >= 0.3 is 0 Å². The molecule has 3 heterocycles. The number of hydrogen-bond donors (Lipinski definition) is 1. The molecule has 33 heavy (non-hydrogen) atoms. The summed E-state index contributed by atoms with van der Waals surface area (Å²) in [6, 6.07) is 11.3. The van der Waals surface area contributed by atoms with Crippen molar-refractivity contribution in [2.24, 2.45) is 0 Å². The summed E-state index contributed by atoms with van der Waals surface area (Å²) >= 11 is 0. The summed E-state index contributed by atoms with van der Waals surface area (Å²) in [6.07, 6.45) is 1.86. The predicted octanol–water partition coefficient (Wildman–Crippen LogP) is 3.40. The summed E-state index contributed by atoms with van der Waals surface area (Å²) in [5, 5.41) is 1.05. The molecule has 0 aliphatic carbocycles. The fourth-order valence-electron chi connectivity index (χ4n) is 4.74. The van der Waals surface area contributed by atoms with E-state index < -0.39 is 0 Å². The SMILES string of the molecule is COc1ccc2c(c1)c(/C=C1\Oc3ccc(N)cc3C1=O)c(C)n2CCN1CCN(C)CC1. The molecule has 0 saturated carbocycles. The molecule has 172 valence electrons. The molecule has 7 nitrogen and oxygen atoms in total. The van der Waals surface area contributed by atoms with Gasteiger partial charge in [0.05, 0.1) is 12.7 Å². The van der Waals surface area contributed by atoms with Crippen molar-refractivity contribution in [3.05, 3.63) is 59.0 Å². The lowest BCUT2D eigenvalue weighted by Gasteiger charge is -2.32. The Kier molecular flexibility index (Phi) is 5.60. The Morgan fingerprint density at radius 2 is 1.88 bits per heavy atom. The van der Waals surface area contributed by atoms with Crippen LogP contribution < -0.4 is 15.2 Å². The first kappa shape index (κ1) is 21.6. The van der Waals surface area contributed by atoms with Crippen LogP contribution in [-0.2, 0) is 6.54 Å². The van der Waals surface area contributed by atoms with Crippen LogP contribution in [-0.4, -0.2) is 67.0 Å². The van der Waals surface area contributed by atoms with Crippen LogP contribution in [0, 0.1) is 6.92 Å². The van der Waals surface area contributed by atoms with Crippen molar-refractivity contribution in [2.45, 2.75) is 13.5 Å².